The standard InChI is InChI=1S/C30H43N7O3/c1-22(38)36-11-8-26(9-12-36)32-28-17-25(18-29(33-28)37-15-13-34(2)14-16-37)30(40)31-19-27(39)21-35-10-7-23-5-3-4-6-24(23)20-35/h3-6,17-18,26-27,39H,7-16,19-21H2,1-2H3,(H,31,40)(H,32,33). The number of carbonyl (C=O) groups excluding carboxylic acids is 2. The van der Waals surface area contributed by atoms with Gasteiger partial charge in [0, 0.05) is 84.0 Å². The molecule has 3 aliphatic heterocycles. The predicted octanol–water partition coefficient (Wildman–Crippen LogP) is 1.41. The molecule has 2 saturated heterocycles. The summed E-state index contributed by atoms with van der Waals surface area (Å²) in [4.78, 5) is 38.5. The SMILES string of the molecule is CC(=O)N1CCC(Nc2cc(C(=O)NCC(O)CN3CCc4ccccc4C3)cc(N3CCN(C)CC3)n2)CC1. The molecule has 2 aromatic rings. The maximum Gasteiger partial charge on any atom is 0.251 e. The lowest BCUT2D eigenvalue weighted by Crippen LogP contribution is -2.45. The zero-order valence-electron chi connectivity index (χ0n) is 23.8. The van der Waals surface area contributed by atoms with Gasteiger partial charge in [-0.3, -0.25) is 14.5 Å². The van der Waals surface area contributed by atoms with Gasteiger partial charge in [-0.05, 0) is 49.6 Å². The summed E-state index contributed by atoms with van der Waals surface area (Å²) in [5, 5.41) is 17.2. The van der Waals surface area contributed by atoms with Crippen LogP contribution in [0.2, 0.25) is 0 Å². The monoisotopic (exact) mass is 549 g/mol. The third-order valence-electron chi connectivity index (χ3n) is 8.37. The van der Waals surface area contributed by atoms with Gasteiger partial charge in [0.15, 0.2) is 0 Å². The average molecular weight is 550 g/mol. The largest absolute Gasteiger partial charge is 0.390 e. The minimum absolute atomic E-state index is 0.111. The topological polar surface area (TPSA) is 104 Å². The van der Waals surface area contributed by atoms with Crippen LogP contribution >= 0.6 is 0 Å². The number of aliphatic hydroxyl groups excluding tert-OH is 1. The summed E-state index contributed by atoms with van der Waals surface area (Å²) in [5.74, 6) is 1.36. The van der Waals surface area contributed by atoms with Crippen molar-refractivity contribution < 1.29 is 14.7 Å². The molecule has 1 aromatic carbocycles. The molecule has 4 heterocycles. The zero-order valence-corrected chi connectivity index (χ0v) is 23.8. The second-order valence-electron chi connectivity index (χ2n) is 11.4. The molecule has 3 N–H and O–H groups in total. The van der Waals surface area contributed by atoms with Gasteiger partial charge in [0.25, 0.3) is 5.91 Å². The normalized spacial score (nSPS) is 19.7. The zero-order chi connectivity index (χ0) is 28.1. The van der Waals surface area contributed by atoms with E-state index in [1.807, 2.05) is 11.0 Å². The van der Waals surface area contributed by atoms with Gasteiger partial charge >= 0.3 is 0 Å². The van der Waals surface area contributed by atoms with Crippen molar-refractivity contribution in [3.8, 4) is 0 Å². The van der Waals surface area contributed by atoms with Crippen molar-refractivity contribution >= 4 is 23.5 Å². The summed E-state index contributed by atoms with van der Waals surface area (Å²) in [7, 11) is 2.11. The Hall–Kier alpha value is -3.21. The number of carbonyl (C=O) groups is 2. The van der Waals surface area contributed by atoms with Crippen LogP contribution in [0, 0.1) is 0 Å². The van der Waals surface area contributed by atoms with E-state index < -0.39 is 6.10 Å². The van der Waals surface area contributed by atoms with E-state index in [2.05, 4.69) is 56.6 Å². The van der Waals surface area contributed by atoms with E-state index in [4.69, 9.17) is 4.98 Å². The summed E-state index contributed by atoms with van der Waals surface area (Å²) in [6.45, 7) is 9.07. The lowest BCUT2D eigenvalue weighted by Gasteiger charge is -2.34. The van der Waals surface area contributed by atoms with Crippen molar-refractivity contribution in [2.75, 3.05) is 76.2 Å². The summed E-state index contributed by atoms with van der Waals surface area (Å²) >= 11 is 0. The number of piperidine rings is 1. The van der Waals surface area contributed by atoms with Gasteiger partial charge in [0.05, 0.1) is 6.10 Å². The number of aromatic nitrogens is 1. The second-order valence-corrected chi connectivity index (χ2v) is 11.4. The highest BCUT2D eigenvalue weighted by molar-refractivity contribution is 5.95. The number of amides is 2. The number of pyridine rings is 1. The summed E-state index contributed by atoms with van der Waals surface area (Å²) < 4.78 is 0. The number of likely N-dealkylation sites (tertiary alicyclic amines) is 1. The predicted molar refractivity (Wildman–Crippen MR) is 157 cm³/mol. The Morgan fingerprint density at radius 3 is 2.48 bits per heavy atom. The Morgan fingerprint density at radius 2 is 1.75 bits per heavy atom. The van der Waals surface area contributed by atoms with E-state index in [-0.39, 0.29) is 24.4 Å². The first-order valence-corrected chi connectivity index (χ1v) is 14.6. The molecule has 1 atom stereocenters. The van der Waals surface area contributed by atoms with Gasteiger partial charge in [-0.2, -0.15) is 0 Å². The number of fused-ring (bicyclic) bond motifs is 1. The van der Waals surface area contributed by atoms with E-state index in [0.717, 1.165) is 77.4 Å². The Balaban J connectivity index is 1.21. The second kappa shape index (κ2) is 13.0. The first-order chi connectivity index (χ1) is 19.3. The fourth-order valence-corrected chi connectivity index (χ4v) is 5.85. The third-order valence-corrected chi connectivity index (χ3v) is 8.37. The molecule has 40 heavy (non-hydrogen) atoms. The first-order valence-electron chi connectivity index (χ1n) is 14.6. The fourth-order valence-electron chi connectivity index (χ4n) is 5.85. The van der Waals surface area contributed by atoms with E-state index in [1.54, 1.807) is 13.0 Å². The van der Waals surface area contributed by atoms with E-state index >= 15 is 0 Å². The smallest absolute Gasteiger partial charge is 0.251 e. The minimum atomic E-state index is -0.655. The maximum absolute atomic E-state index is 13.3. The lowest BCUT2D eigenvalue weighted by atomic mass is 10.00. The van der Waals surface area contributed by atoms with Crippen molar-refractivity contribution in [3.63, 3.8) is 0 Å². The fraction of sp³-hybridized carbons (Fsp3) is 0.567. The highest BCUT2D eigenvalue weighted by Crippen LogP contribution is 2.23. The third kappa shape index (κ3) is 7.30. The number of nitrogens with one attached hydrogen (secondary N) is 2. The summed E-state index contributed by atoms with van der Waals surface area (Å²) in [6, 6.07) is 12.3. The molecule has 0 spiro atoms. The lowest BCUT2D eigenvalue weighted by molar-refractivity contribution is -0.129. The van der Waals surface area contributed by atoms with Crippen LogP contribution in [0.3, 0.4) is 0 Å². The number of piperazine rings is 1. The molecule has 10 nitrogen and oxygen atoms in total. The highest BCUT2D eigenvalue weighted by atomic mass is 16.3. The van der Waals surface area contributed by atoms with Crippen LogP contribution in [0.25, 0.3) is 0 Å². The molecule has 0 radical (unpaired) electrons. The van der Waals surface area contributed by atoms with Crippen LogP contribution < -0.4 is 15.5 Å². The van der Waals surface area contributed by atoms with Crippen molar-refractivity contribution in [1.82, 2.24) is 25.0 Å². The van der Waals surface area contributed by atoms with Crippen LogP contribution in [0.1, 0.15) is 41.3 Å². The molecule has 3 aliphatic rings. The number of aliphatic hydroxyl groups is 1. The van der Waals surface area contributed by atoms with Crippen molar-refractivity contribution in [1.29, 1.82) is 0 Å². The first kappa shape index (κ1) is 28.3. The molecule has 5 rings (SSSR count). The summed E-state index contributed by atoms with van der Waals surface area (Å²) in [6.07, 6.45) is 2.01. The van der Waals surface area contributed by atoms with E-state index in [9.17, 15) is 14.7 Å². The molecular weight excluding hydrogens is 506 g/mol. The van der Waals surface area contributed by atoms with Crippen LogP contribution in [0.5, 0.6) is 0 Å². The van der Waals surface area contributed by atoms with Crippen LogP contribution in [0.15, 0.2) is 36.4 Å². The van der Waals surface area contributed by atoms with Crippen molar-refractivity contribution in [2.45, 2.75) is 44.9 Å². The number of benzene rings is 1. The number of anilines is 2. The number of rotatable bonds is 8. The van der Waals surface area contributed by atoms with Gasteiger partial charge in [-0.1, -0.05) is 24.3 Å². The van der Waals surface area contributed by atoms with Gasteiger partial charge in [0.1, 0.15) is 11.6 Å². The molecule has 0 aliphatic carbocycles. The molecule has 1 aromatic heterocycles. The molecule has 1 unspecified atom stereocenters. The number of likely N-dealkylation sites (N-methyl/N-ethyl adjacent to an activating group) is 1. The van der Waals surface area contributed by atoms with Crippen LogP contribution in [-0.4, -0.2) is 115 Å². The molecule has 0 bridgehead atoms. The number of hydrogen-bond donors (Lipinski definition) is 3. The maximum atomic E-state index is 13.3. The molecular formula is C30H43N7O3. The quantitative estimate of drug-likeness (QED) is 0.454. The Bertz CT molecular complexity index is 1180. The van der Waals surface area contributed by atoms with E-state index in [1.165, 1.54) is 11.1 Å². The van der Waals surface area contributed by atoms with Gasteiger partial charge in [-0.15, -0.1) is 0 Å². The average Bonchev–Trinajstić information content (AvgIpc) is 2.96. The Morgan fingerprint density at radius 1 is 1.02 bits per heavy atom. The molecule has 2 fully saturated rings. The molecule has 0 saturated carbocycles. The highest BCUT2D eigenvalue weighted by Gasteiger charge is 2.24. The summed E-state index contributed by atoms with van der Waals surface area (Å²) in [5.41, 5.74) is 3.22. The van der Waals surface area contributed by atoms with Crippen LogP contribution in [-0.2, 0) is 17.8 Å². The van der Waals surface area contributed by atoms with Crippen LogP contribution in [0.4, 0.5) is 11.6 Å². The molecule has 10 heteroatoms. The Kier molecular flexibility index (Phi) is 9.18. The molecule has 2 amide bonds. The number of nitrogens with zero attached hydrogens (tertiary/aromatic N) is 5. The van der Waals surface area contributed by atoms with Crippen molar-refractivity contribution in [2.24, 2.45) is 0 Å². The number of hydrogen-bond acceptors (Lipinski definition) is 8. The van der Waals surface area contributed by atoms with Gasteiger partial charge < -0.3 is 30.4 Å². The van der Waals surface area contributed by atoms with Gasteiger partial charge in [0.2, 0.25) is 5.91 Å². The number of β-amino-alcohol motifs (C(OH)–C–C–N with tert-alkyl or cyclic N) is 1. The van der Waals surface area contributed by atoms with Crippen molar-refractivity contribution in [3.05, 3.63) is 53.1 Å². The van der Waals surface area contributed by atoms with Gasteiger partial charge in [-0.25, -0.2) is 4.98 Å². The minimum Gasteiger partial charge on any atom is -0.390 e. The Labute approximate surface area is 237 Å². The van der Waals surface area contributed by atoms with E-state index in [0.29, 0.717) is 17.9 Å². The molecule has 216 valence electrons.